The Morgan fingerprint density at radius 3 is 2.53 bits per heavy atom. The lowest BCUT2D eigenvalue weighted by atomic mass is 10.1. The van der Waals surface area contributed by atoms with Gasteiger partial charge in [0.2, 0.25) is 10.0 Å². The maximum atomic E-state index is 11.8. The number of sulfonamides is 1. The molecule has 0 unspecified atom stereocenters. The van der Waals surface area contributed by atoms with Crippen molar-refractivity contribution in [2.45, 2.75) is 11.8 Å². The highest BCUT2D eigenvalue weighted by Gasteiger charge is 2.18. The molecule has 0 aliphatic rings. The van der Waals surface area contributed by atoms with Crippen LogP contribution in [0.3, 0.4) is 0 Å². The number of aryl methyl sites for hydroxylation is 1. The molecule has 0 heterocycles. The number of carboxylic acids is 1. The zero-order valence-electron chi connectivity index (χ0n) is 10.3. The van der Waals surface area contributed by atoms with Gasteiger partial charge in [-0.05, 0) is 24.6 Å². The van der Waals surface area contributed by atoms with Gasteiger partial charge in [0.1, 0.15) is 6.54 Å². The number of nitrogens with one attached hydrogen (secondary N) is 1. The van der Waals surface area contributed by atoms with Crippen LogP contribution >= 0.6 is 0 Å². The standard InChI is InChI=1S/C11H13NO6S/c1-7-3-4-8(5-9(7)11(15)18-2)19(16,17)12-6-10(13)14/h3-5,12H,6H2,1-2H3,(H,13,14). The molecule has 8 heteroatoms. The molecule has 104 valence electrons. The van der Waals surface area contributed by atoms with E-state index in [1.54, 1.807) is 6.92 Å². The van der Waals surface area contributed by atoms with E-state index >= 15 is 0 Å². The van der Waals surface area contributed by atoms with Crippen LogP contribution in [0.1, 0.15) is 15.9 Å². The minimum Gasteiger partial charge on any atom is -0.480 e. The van der Waals surface area contributed by atoms with Crippen molar-refractivity contribution >= 4 is 22.0 Å². The number of carboxylic acid groups (broad SMARTS) is 1. The highest BCUT2D eigenvalue weighted by Crippen LogP contribution is 2.16. The van der Waals surface area contributed by atoms with Gasteiger partial charge in [-0.2, -0.15) is 4.72 Å². The summed E-state index contributed by atoms with van der Waals surface area (Å²) in [7, 11) is -2.79. The van der Waals surface area contributed by atoms with E-state index in [1.165, 1.54) is 19.2 Å². The van der Waals surface area contributed by atoms with Crippen molar-refractivity contribution in [2.75, 3.05) is 13.7 Å². The van der Waals surface area contributed by atoms with Gasteiger partial charge in [0, 0.05) is 0 Å². The normalized spacial score (nSPS) is 11.1. The van der Waals surface area contributed by atoms with Crippen molar-refractivity contribution in [1.82, 2.24) is 4.72 Å². The maximum absolute atomic E-state index is 11.8. The summed E-state index contributed by atoms with van der Waals surface area (Å²) in [5, 5.41) is 8.45. The number of hydrogen-bond donors (Lipinski definition) is 2. The molecule has 0 amide bonds. The molecule has 0 aromatic heterocycles. The number of carbonyl (C=O) groups is 2. The molecule has 0 aliphatic carbocycles. The second kappa shape index (κ2) is 5.81. The fraction of sp³-hybridized carbons (Fsp3) is 0.273. The smallest absolute Gasteiger partial charge is 0.338 e. The van der Waals surface area contributed by atoms with Crippen LogP contribution in [0.4, 0.5) is 0 Å². The lowest BCUT2D eigenvalue weighted by Crippen LogP contribution is -2.29. The van der Waals surface area contributed by atoms with E-state index in [-0.39, 0.29) is 10.5 Å². The van der Waals surface area contributed by atoms with Crippen molar-refractivity contribution in [3.05, 3.63) is 29.3 Å². The van der Waals surface area contributed by atoms with E-state index in [9.17, 15) is 18.0 Å². The summed E-state index contributed by atoms with van der Waals surface area (Å²) < 4.78 is 30.0. The van der Waals surface area contributed by atoms with Crippen LogP contribution in [0.25, 0.3) is 0 Å². The molecule has 7 nitrogen and oxygen atoms in total. The molecule has 1 aromatic carbocycles. The van der Waals surface area contributed by atoms with E-state index in [0.717, 1.165) is 6.07 Å². The number of ether oxygens (including phenoxy) is 1. The Labute approximate surface area is 110 Å². The summed E-state index contributed by atoms with van der Waals surface area (Å²) in [6.07, 6.45) is 0. The van der Waals surface area contributed by atoms with Crippen molar-refractivity contribution < 1.29 is 27.9 Å². The Bertz CT molecular complexity index is 608. The van der Waals surface area contributed by atoms with Crippen molar-refractivity contribution in [2.24, 2.45) is 0 Å². The Morgan fingerprint density at radius 1 is 1.37 bits per heavy atom. The molecule has 0 radical (unpaired) electrons. The Hall–Kier alpha value is -1.93. The molecule has 0 saturated carbocycles. The average Bonchev–Trinajstić information content (AvgIpc) is 2.36. The average molecular weight is 287 g/mol. The van der Waals surface area contributed by atoms with E-state index in [4.69, 9.17) is 5.11 Å². The van der Waals surface area contributed by atoms with Crippen molar-refractivity contribution in [1.29, 1.82) is 0 Å². The monoisotopic (exact) mass is 287 g/mol. The lowest BCUT2D eigenvalue weighted by molar-refractivity contribution is -0.135. The molecular weight excluding hydrogens is 274 g/mol. The van der Waals surface area contributed by atoms with Crippen LogP contribution in [0.5, 0.6) is 0 Å². The highest BCUT2D eigenvalue weighted by atomic mass is 32.2. The lowest BCUT2D eigenvalue weighted by Gasteiger charge is -2.08. The number of hydrogen-bond acceptors (Lipinski definition) is 5. The fourth-order valence-electron chi connectivity index (χ4n) is 1.34. The summed E-state index contributed by atoms with van der Waals surface area (Å²) in [5.41, 5.74) is 0.671. The maximum Gasteiger partial charge on any atom is 0.338 e. The molecule has 0 bridgehead atoms. The third-order valence-corrected chi connectivity index (χ3v) is 3.74. The van der Waals surface area contributed by atoms with Crippen LogP contribution in [0.2, 0.25) is 0 Å². The van der Waals surface area contributed by atoms with Gasteiger partial charge in [-0.3, -0.25) is 4.79 Å². The number of benzene rings is 1. The summed E-state index contributed by atoms with van der Waals surface area (Å²) in [5.74, 6) is -1.96. The molecular formula is C11H13NO6S. The molecule has 19 heavy (non-hydrogen) atoms. The van der Waals surface area contributed by atoms with Gasteiger partial charge < -0.3 is 9.84 Å². The summed E-state index contributed by atoms with van der Waals surface area (Å²) in [4.78, 5) is 21.6. The molecule has 0 saturated heterocycles. The van der Waals surface area contributed by atoms with Crippen molar-refractivity contribution in [3.63, 3.8) is 0 Å². The highest BCUT2D eigenvalue weighted by molar-refractivity contribution is 7.89. The van der Waals surface area contributed by atoms with E-state index < -0.39 is 28.5 Å². The molecule has 0 aliphatic heterocycles. The SMILES string of the molecule is COC(=O)c1cc(S(=O)(=O)NCC(=O)O)ccc1C. The minimum absolute atomic E-state index is 0.112. The summed E-state index contributed by atoms with van der Waals surface area (Å²) in [6.45, 7) is 0.900. The van der Waals surface area contributed by atoms with Crippen LogP contribution in [0.15, 0.2) is 23.1 Å². The van der Waals surface area contributed by atoms with Gasteiger partial charge in [0.15, 0.2) is 0 Å². The predicted octanol–water partition coefficient (Wildman–Crippen LogP) is 0.145. The minimum atomic E-state index is -3.97. The number of methoxy groups -OCH3 is 1. The first-order valence-electron chi connectivity index (χ1n) is 5.18. The van der Waals surface area contributed by atoms with Gasteiger partial charge in [-0.1, -0.05) is 6.07 Å². The van der Waals surface area contributed by atoms with Crippen LogP contribution in [-0.2, 0) is 19.6 Å². The fourth-order valence-corrected chi connectivity index (χ4v) is 2.34. The Balaban J connectivity index is 3.15. The topological polar surface area (TPSA) is 110 Å². The molecule has 1 rings (SSSR count). The number of esters is 1. The summed E-state index contributed by atoms with van der Waals surface area (Å²) in [6, 6.07) is 3.87. The third kappa shape index (κ3) is 3.76. The number of carbonyl (C=O) groups excluding carboxylic acids is 1. The van der Waals surface area contributed by atoms with E-state index in [1.807, 2.05) is 4.72 Å². The van der Waals surface area contributed by atoms with E-state index in [0.29, 0.717) is 5.56 Å². The van der Waals surface area contributed by atoms with Crippen molar-refractivity contribution in [3.8, 4) is 0 Å². The molecule has 0 atom stereocenters. The second-order valence-corrected chi connectivity index (χ2v) is 5.45. The molecule has 0 fully saturated rings. The zero-order chi connectivity index (χ0) is 14.6. The van der Waals surface area contributed by atoms with Gasteiger partial charge in [-0.15, -0.1) is 0 Å². The number of aliphatic carboxylic acids is 1. The summed E-state index contributed by atoms with van der Waals surface area (Å²) >= 11 is 0. The van der Waals surface area contributed by atoms with Crippen LogP contribution < -0.4 is 4.72 Å². The molecule has 2 N–H and O–H groups in total. The van der Waals surface area contributed by atoms with Gasteiger partial charge in [0.25, 0.3) is 0 Å². The van der Waals surface area contributed by atoms with Gasteiger partial charge in [-0.25, -0.2) is 13.2 Å². The largest absolute Gasteiger partial charge is 0.480 e. The molecule has 0 spiro atoms. The molecule has 1 aromatic rings. The van der Waals surface area contributed by atoms with Crippen LogP contribution in [-0.4, -0.2) is 39.1 Å². The second-order valence-electron chi connectivity index (χ2n) is 3.69. The predicted molar refractivity (Wildman–Crippen MR) is 65.3 cm³/mol. The Kier molecular flexibility index (Phi) is 4.62. The Morgan fingerprint density at radius 2 is 2.00 bits per heavy atom. The first-order valence-corrected chi connectivity index (χ1v) is 6.66. The first kappa shape index (κ1) is 15.1. The van der Waals surface area contributed by atoms with E-state index in [2.05, 4.69) is 4.74 Å². The van der Waals surface area contributed by atoms with Gasteiger partial charge >= 0.3 is 11.9 Å². The quantitative estimate of drug-likeness (QED) is 0.746. The number of rotatable bonds is 5. The zero-order valence-corrected chi connectivity index (χ0v) is 11.2. The van der Waals surface area contributed by atoms with Gasteiger partial charge in [0.05, 0.1) is 17.6 Å². The first-order chi connectivity index (χ1) is 8.77. The third-order valence-electron chi connectivity index (χ3n) is 2.34. The van der Waals surface area contributed by atoms with Crippen LogP contribution in [0, 0.1) is 6.92 Å².